The van der Waals surface area contributed by atoms with Crippen molar-refractivity contribution >= 4 is 34.4 Å². The fourth-order valence-electron chi connectivity index (χ4n) is 2.41. The number of nitrogen functional groups attached to an aromatic ring is 1. The molecule has 0 atom stereocenters. The van der Waals surface area contributed by atoms with Crippen molar-refractivity contribution < 1.29 is 4.79 Å². The zero-order valence-electron chi connectivity index (χ0n) is 10.4. The third-order valence-corrected chi connectivity index (χ3v) is 5.05. The van der Waals surface area contributed by atoms with Crippen molar-refractivity contribution in [2.24, 2.45) is 0 Å². The summed E-state index contributed by atoms with van der Waals surface area (Å²) in [5.41, 5.74) is 8.13. The van der Waals surface area contributed by atoms with Gasteiger partial charge in [-0.15, -0.1) is 11.3 Å². The summed E-state index contributed by atoms with van der Waals surface area (Å²) < 4.78 is 0. The number of carbonyl (C=O) groups excluding carboxylic acids is 1. The van der Waals surface area contributed by atoms with Gasteiger partial charge in [0, 0.05) is 10.4 Å². The second-order valence-electron chi connectivity index (χ2n) is 4.83. The lowest BCUT2D eigenvalue weighted by molar-refractivity contribution is 0.104. The fraction of sp³-hybridized carbons (Fsp3) is 0.267. The molecule has 2 nitrogen and oxygen atoms in total. The van der Waals surface area contributed by atoms with Crippen LogP contribution >= 0.6 is 22.9 Å². The fourth-order valence-corrected chi connectivity index (χ4v) is 3.81. The Kier molecular flexibility index (Phi) is 3.33. The van der Waals surface area contributed by atoms with Gasteiger partial charge in [-0.3, -0.25) is 4.79 Å². The maximum atomic E-state index is 12.4. The number of hydrogen-bond donors (Lipinski definition) is 1. The molecular weight excluding hydrogens is 278 g/mol. The monoisotopic (exact) mass is 291 g/mol. The Morgan fingerprint density at radius 1 is 1.21 bits per heavy atom. The van der Waals surface area contributed by atoms with Gasteiger partial charge in [-0.25, -0.2) is 0 Å². The Labute approximate surface area is 121 Å². The van der Waals surface area contributed by atoms with Crippen molar-refractivity contribution in [3.05, 3.63) is 50.2 Å². The zero-order chi connectivity index (χ0) is 13.4. The van der Waals surface area contributed by atoms with Crippen LogP contribution in [0, 0.1) is 0 Å². The first-order valence-electron chi connectivity index (χ1n) is 6.36. The highest BCUT2D eigenvalue weighted by molar-refractivity contribution is 7.14. The predicted molar refractivity (Wildman–Crippen MR) is 80.3 cm³/mol. The van der Waals surface area contributed by atoms with E-state index in [1.54, 1.807) is 29.5 Å². The molecule has 98 valence electrons. The Morgan fingerprint density at radius 2 is 2.00 bits per heavy atom. The van der Waals surface area contributed by atoms with Crippen LogP contribution in [0.3, 0.4) is 0 Å². The molecule has 2 aromatic rings. The number of fused-ring (bicyclic) bond motifs is 1. The molecule has 0 radical (unpaired) electrons. The lowest BCUT2D eigenvalue weighted by Gasteiger charge is -2.08. The molecule has 0 aliphatic heterocycles. The molecule has 1 aliphatic carbocycles. The number of aryl methyl sites for hydroxylation is 2. The molecule has 0 spiro atoms. The first kappa shape index (κ1) is 12.7. The van der Waals surface area contributed by atoms with E-state index >= 15 is 0 Å². The summed E-state index contributed by atoms with van der Waals surface area (Å²) >= 11 is 7.60. The Balaban J connectivity index is 1.95. The quantitative estimate of drug-likeness (QED) is 0.669. The second kappa shape index (κ2) is 4.99. The van der Waals surface area contributed by atoms with Crippen molar-refractivity contribution in [1.29, 1.82) is 0 Å². The van der Waals surface area contributed by atoms with Gasteiger partial charge >= 0.3 is 0 Å². The average Bonchev–Trinajstić information content (AvgIpc) is 2.85. The standard InChI is InChI=1S/C15H14ClNOS/c16-11-7-10(5-6-12(11)17)15(18)14-8-9-3-1-2-4-13(9)19-14/h5-8H,1-4,17H2. The van der Waals surface area contributed by atoms with Crippen molar-refractivity contribution in [3.8, 4) is 0 Å². The van der Waals surface area contributed by atoms with Gasteiger partial charge in [-0.05, 0) is 55.5 Å². The van der Waals surface area contributed by atoms with Crippen LogP contribution < -0.4 is 5.73 Å². The molecule has 0 bridgehead atoms. The number of nitrogens with two attached hydrogens (primary N) is 1. The average molecular weight is 292 g/mol. The van der Waals surface area contributed by atoms with E-state index in [0.29, 0.717) is 16.3 Å². The number of anilines is 1. The van der Waals surface area contributed by atoms with Gasteiger partial charge in [0.25, 0.3) is 0 Å². The summed E-state index contributed by atoms with van der Waals surface area (Å²) in [6.45, 7) is 0. The van der Waals surface area contributed by atoms with Gasteiger partial charge in [0.05, 0.1) is 15.6 Å². The van der Waals surface area contributed by atoms with Gasteiger partial charge < -0.3 is 5.73 Å². The van der Waals surface area contributed by atoms with Crippen LogP contribution in [-0.4, -0.2) is 5.78 Å². The van der Waals surface area contributed by atoms with Gasteiger partial charge in [0.15, 0.2) is 0 Å². The number of carbonyl (C=O) groups is 1. The van der Waals surface area contributed by atoms with E-state index in [9.17, 15) is 4.79 Å². The molecule has 19 heavy (non-hydrogen) atoms. The minimum absolute atomic E-state index is 0.0429. The van der Waals surface area contributed by atoms with Crippen LogP contribution in [0.25, 0.3) is 0 Å². The van der Waals surface area contributed by atoms with E-state index in [2.05, 4.69) is 0 Å². The SMILES string of the molecule is Nc1ccc(C(=O)c2cc3c(s2)CCCC3)cc1Cl. The number of hydrogen-bond acceptors (Lipinski definition) is 3. The lowest BCUT2D eigenvalue weighted by Crippen LogP contribution is -1.99. The normalized spacial score (nSPS) is 14.2. The van der Waals surface area contributed by atoms with Crippen molar-refractivity contribution in [2.45, 2.75) is 25.7 Å². The number of ketones is 1. The number of rotatable bonds is 2. The van der Waals surface area contributed by atoms with E-state index in [1.807, 2.05) is 6.07 Å². The van der Waals surface area contributed by atoms with E-state index in [4.69, 9.17) is 17.3 Å². The third kappa shape index (κ3) is 2.40. The first-order chi connectivity index (χ1) is 9.15. The van der Waals surface area contributed by atoms with Crippen LogP contribution in [0.2, 0.25) is 5.02 Å². The van der Waals surface area contributed by atoms with Crippen molar-refractivity contribution in [3.63, 3.8) is 0 Å². The predicted octanol–water partition coefficient (Wildman–Crippen LogP) is 4.09. The Bertz CT molecular complexity index is 624. The molecule has 1 aromatic heterocycles. The van der Waals surface area contributed by atoms with E-state index < -0.39 is 0 Å². The van der Waals surface area contributed by atoms with Crippen molar-refractivity contribution in [1.82, 2.24) is 0 Å². The van der Waals surface area contributed by atoms with E-state index in [0.717, 1.165) is 17.7 Å². The topological polar surface area (TPSA) is 43.1 Å². The minimum atomic E-state index is 0.0429. The molecular formula is C15H14ClNOS. The zero-order valence-corrected chi connectivity index (χ0v) is 12.0. The minimum Gasteiger partial charge on any atom is -0.398 e. The largest absolute Gasteiger partial charge is 0.398 e. The third-order valence-electron chi connectivity index (χ3n) is 3.48. The van der Waals surface area contributed by atoms with Crippen LogP contribution in [0.15, 0.2) is 24.3 Å². The summed E-state index contributed by atoms with van der Waals surface area (Å²) in [5.74, 6) is 0.0429. The molecule has 4 heteroatoms. The molecule has 0 amide bonds. The van der Waals surface area contributed by atoms with Gasteiger partial charge in [-0.1, -0.05) is 11.6 Å². The summed E-state index contributed by atoms with van der Waals surface area (Å²) in [6, 6.07) is 7.12. The first-order valence-corrected chi connectivity index (χ1v) is 7.56. The molecule has 1 aliphatic rings. The highest BCUT2D eigenvalue weighted by Crippen LogP contribution is 2.31. The number of halogens is 1. The van der Waals surface area contributed by atoms with E-state index in [1.165, 1.54) is 23.3 Å². The molecule has 2 N–H and O–H groups in total. The van der Waals surface area contributed by atoms with Crippen LogP contribution in [0.4, 0.5) is 5.69 Å². The summed E-state index contributed by atoms with van der Waals surface area (Å²) in [5, 5.41) is 0.437. The van der Waals surface area contributed by atoms with Gasteiger partial charge in [-0.2, -0.15) is 0 Å². The molecule has 1 aromatic carbocycles. The van der Waals surface area contributed by atoms with Crippen LogP contribution in [0.1, 0.15) is 38.5 Å². The Morgan fingerprint density at radius 3 is 2.74 bits per heavy atom. The molecule has 0 saturated heterocycles. The lowest BCUT2D eigenvalue weighted by atomic mass is 9.98. The summed E-state index contributed by atoms with van der Waals surface area (Å²) in [6.07, 6.45) is 4.66. The highest BCUT2D eigenvalue weighted by Gasteiger charge is 2.18. The number of thiophene rings is 1. The number of benzene rings is 1. The molecule has 3 rings (SSSR count). The maximum Gasteiger partial charge on any atom is 0.203 e. The molecule has 0 fully saturated rings. The van der Waals surface area contributed by atoms with Crippen molar-refractivity contribution in [2.75, 3.05) is 5.73 Å². The molecule has 0 unspecified atom stereocenters. The Hall–Kier alpha value is -1.32. The van der Waals surface area contributed by atoms with Crippen LogP contribution in [-0.2, 0) is 12.8 Å². The maximum absolute atomic E-state index is 12.4. The second-order valence-corrected chi connectivity index (χ2v) is 6.38. The van der Waals surface area contributed by atoms with Crippen LogP contribution in [0.5, 0.6) is 0 Å². The highest BCUT2D eigenvalue weighted by atomic mass is 35.5. The molecule has 1 heterocycles. The van der Waals surface area contributed by atoms with Gasteiger partial charge in [0.1, 0.15) is 0 Å². The molecule has 0 saturated carbocycles. The smallest absolute Gasteiger partial charge is 0.203 e. The summed E-state index contributed by atoms with van der Waals surface area (Å²) in [4.78, 5) is 14.6. The summed E-state index contributed by atoms with van der Waals surface area (Å²) in [7, 11) is 0. The van der Waals surface area contributed by atoms with Gasteiger partial charge in [0.2, 0.25) is 5.78 Å². The van der Waals surface area contributed by atoms with E-state index in [-0.39, 0.29) is 5.78 Å².